The van der Waals surface area contributed by atoms with Crippen molar-refractivity contribution >= 4 is 27.6 Å². The van der Waals surface area contributed by atoms with Gasteiger partial charge in [-0.25, -0.2) is 18.1 Å². The molecule has 1 fully saturated rings. The number of guanidine groups is 1. The van der Waals surface area contributed by atoms with Crippen molar-refractivity contribution < 1.29 is 13.2 Å². The Kier molecular flexibility index (Phi) is 7.96. The van der Waals surface area contributed by atoms with Gasteiger partial charge in [-0.2, -0.15) is 0 Å². The summed E-state index contributed by atoms with van der Waals surface area (Å²) in [5, 5.41) is 6.26. The van der Waals surface area contributed by atoms with E-state index in [0.717, 1.165) is 24.2 Å². The molecular weight excluding hydrogens is 416 g/mol. The minimum atomic E-state index is -3.58. The van der Waals surface area contributed by atoms with Crippen LogP contribution in [0, 0.1) is 0 Å². The zero-order chi connectivity index (χ0) is 22.1. The number of benzene rings is 1. The number of sulfonamides is 1. The zero-order valence-corrected chi connectivity index (χ0v) is 18.4. The number of carbonyl (C=O) groups excluding carboxylic acids is 1. The van der Waals surface area contributed by atoms with E-state index in [1.165, 1.54) is 18.5 Å². The molecule has 0 atom stereocenters. The number of nitrogens with one attached hydrogen (secondary N) is 3. The van der Waals surface area contributed by atoms with Gasteiger partial charge in [-0.05, 0) is 43.2 Å². The molecule has 0 aliphatic carbocycles. The zero-order valence-electron chi connectivity index (χ0n) is 17.5. The number of aromatic nitrogens is 1. The van der Waals surface area contributed by atoms with Gasteiger partial charge in [0.1, 0.15) is 4.90 Å². The summed E-state index contributed by atoms with van der Waals surface area (Å²) in [6.07, 6.45) is 4.36. The van der Waals surface area contributed by atoms with E-state index in [9.17, 15) is 13.2 Å². The average Bonchev–Trinajstić information content (AvgIpc) is 3.21. The Hall–Kier alpha value is -2.98. The highest BCUT2D eigenvalue weighted by atomic mass is 32.2. The van der Waals surface area contributed by atoms with Crippen LogP contribution in [-0.4, -0.2) is 51.4 Å². The van der Waals surface area contributed by atoms with Crippen LogP contribution >= 0.6 is 0 Å². The number of pyridine rings is 1. The minimum Gasteiger partial charge on any atom is -0.357 e. The maximum atomic E-state index is 12.2. The van der Waals surface area contributed by atoms with E-state index in [-0.39, 0.29) is 17.3 Å². The first-order chi connectivity index (χ1) is 15.0. The number of rotatable bonds is 9. The van der Waals surface area contributed by atoms with Crippen LogP contribution in [0.15, 0.2) is 58.7 Å². The molecule has 1 aliphatic rings. The number of anilines is 1. The Morgan fingerprint density at radius 3 is 2.61 bits per heavy atom. The van der Waals surface area contributed by atoms with E-state index in [1.807, 2.05) is 36.1 Å². The van der Waals surface area contributed by atoms with Crippen LogP contribution in [-0.2, 0) is 21.4 Å². The smallest absolute Gasteiger partial charge is 0.242 e. The van der Waals surface area contributed by atoms with Gasteiger partial charge < -0.3 is 15.5 Å². The van der Waals surface area contributed by atoms with Crippen LogP contribution in [0.3, 0.4) is 0 Å². The highest BCUT2D eigenvalue weighted by molar-refractivity contribution is 7.89. The van der Waals surface area contributed by atoms with E-state index in [0.29, 0.717) is 32.0 Å². The number of hydrogen-bond donors (Lipinski definition) is 3. The topological polar surface area (TPSA) is 116 Å². The molecule has 0 radical (unpaired) electrons. The third-order valence-electron chi connectivity index (χ3n) is 4.74. The van der Waals surface area contributed by atoms with Gasteiger partial charge in [-0.15, -0.1) is 0 Å². The molecule has 0 spiro atoms. The van der Waals surface area contributed by atoms with Crippen molar-refractivity contribution in [3.05, 3.63) is 54.4 Å². The van der Waals surface area contributed by atoms with Crippen molar-refractivity contribution in [3.63, 3.8) is 0 Å². The summed E-state index contributed by atoms with van der Waals surface area (Å²) >= 11 is 0. The van der Waals surface area contributed by atoms with Gasteiger partial charge in [0.15, 0.2) is 5.96 Å². The maximum Gasteiger partial charge on any atom is 0.242 e. The second kappa shape index (κ2) is 10.9. The van der Waals surface area contributed by atoms with Crippen LogP contribution in [0.5, 0.6) is 0 Å². The fourth-order valence-corrected chi connectivity index (χ4v) is 4.17. The molecule has 1 amide bonds. The second-order valence-electron chi connectivity index (χ2n) is 7.02. The summed E-state index contributed by atoms with van der Waals surface area (Å²) in [5.74, 6) is 0.769. The SMILES string of the molecule is CCNC(=NCc1ccc(N2CCCC2=O)cc1)NCCNS(=O)(=O)c1cccnc1. The van der Waals surface area contributed by atoms with Gasteiger partial charge >= 0.3 is 0 Å². The summed E-state index contributed by atoms with van der Waals surface area (Å²) in [5.41, 5.74) is 1.94. The molecule has 0 unspecified atom stereocenters. The van der Waals surface area contributed by atoms with Crippen molar-refractivity contribution in [1.82, 2.24) is 20.3 Å². The highest BCUT2D eigenvalue weighted by Crippen LogP contribution is 2.21. The molecule has 10 heteroatoms. The lowest BCUT2D eigenvalue weighted by Crippen LogP contribution is -2.41. The van der Waals surface area contributed by atoms with Crippen LogP contribution in [0.4, 0.5) is 5.69 Å². The molecular formula is C21H28N6O3S. The molecule has 1 aliphatic heterocycles. The Labute approximate surface area is 183 Å². The molecule has 31 heavy (non-hydrogen) atoms. The highest BCUT2D eigenvalue weighted by Gasteiger charge is 2.21. The van der Waals surface area contributed by atoms with Gasteiger partial charge in [-0.1, -0.05) is 12.1 Å². The molecule has 3 rings (SSSR count). The number of hydrogen-bond acceptors (Lipinski definition) is 5. The van der Waals surface area contributed by atoms with Gasteiger partial charge in [0.05, 0.1) is 6.54 Å². The van der Waals surface area contributed by atoms with E-state index in [4.69, 9.17) is 0 Å². The largest absolute Gasteiger partial charge is 0.357 e. The number of nitrogens with zero attached hydrogens (tertiary/aromatic N) is 3. The summed E-state index contributed by atoms with van der Waals surface area (Å²) in [7, 11) is -3.58. The fraction of sp³-hybridized carbons (Fsp3) is 0.381. The van der Waals surface area contributed by atoms with Crippen molar-refractivity contribution in [1.29, 1.82) is 0 Å². The summed E-state index contributed by atoms with van der Waals surface area (Å²) in [6, 6.07) is 10.9. The fourth-order valence-electron chi connectivity index (χ4n) is 3.17. The third-order valence-corrected chi connectivity index (χ3v) is 6.19. The molecule has 9 nitrogen and oxygen atoms in total. The van der Waals surface area contributed by atoms with E-state index in [1.54, 1.807) is 6.07 Å². The third kappa shape index (κ3) is 6.50. The molecule has 1 saturated heterocycles. The Bertz CT molecular complexity index is 994. The predicted molar refractivity (Wildman–Crippen MR) is 120 cm³/mol. The lowest BCUT2D eigenvalue weighted by Gasteiger charge is -2.16. The monoisotopic (exact) mass is 444 g/mol. The van der Waals surface area contributed by atoms with Crippen LogP contribution in [0.2, 0.25) is 0 Å². The molecule has 2 heterocycles. The number of aliphatic imine (C=N–C) groups is 1. The van der Waals surface area contributed by atoms with Gasteiger partial charge in [0, 0.05) is 50.7 Å². The molecule has 166 valence electrons. The van der Waals surface area contributed by atoms with Gasteiger partial charge in [0.25, 0.3) is 0 Å². The van der Waals surface area contributed by atoms with Gasteiger partial charge in [0.2, 0.25) is 15.9 Å². The molecule has 0 bridgehead atoms. The van der Waals surface area contributed by atoms with E-state index in [2.05, 4.69) is 25.3 Å². The van der Waals surface area contributed by atoms with E-state index < -0.39 is 10.0 Å². The van der Waals surface area contributed by atoms with Gasteiger partial charge in [-0.3, -0.25) is 9.78 Å². The molecule has 1 aromatic carbocycles. The standard InChI is InChI=1S/C21H28N6O3S/c1-2-23-21(24-12-13-26-31(29,30)19-5-3-11-22-16-19)25-15-17-7-9-18(10-8-17)27-14-4-6-20(27)28/h3,5,7-11,16,26H,2,4,6,12-15H2,1H3,(H2,23,24,25). The summed E-state index contributed by atoms with van der Waals surface area (Å²) in [6.45, 7) is 4.47. The Morgan fingerprint density at radius 2 is 1.97 bits per heavy atom. The average molecular weight is 445 g/mol. The van der Waals surface area contributed by atoms with Crippen LogP contribution in [0.1, 0.15) is 25.3 Å². The number of carbonyl (C=O) groups is 1. The quantitative estimate of drug-likeness (QED) is 0.305. The maximum absolute atomic E-state index is 12.2. The first kappa shape index (κ1) is 22.7. The molecule has 2 aromatic rings. The number of amides is 1. The first-order valence-electron chi connectivity index (χ1n) is 10.3. The second-order valence-corrected chi connectivity index (χ2v) is 8.79. The van der Waals surface area contributed by atoms with Crippen molar-refractivity contribution in [2.45, 2.75) is 31.2 Å². The van der Waals surface area contributed by atoms with Crippen molar-refractivity contribution in [3.8, 4) is 0 Å². The lowest BCUT2D eigenvalue weighted by molar-refractivity contribution is -0.117. The summed E-state index contributed by atoms with van der Waals surface area (Å²) in [4.78, 5) is 22.2. The van der Waals surface area contributed by atoms with E-state index >= 15 is 0 Å². The molecule has 3 N–H and O–H groups in total. The minimum absolute atomic E-state index is 0.134. The Morgan fingerprint density at radius 1 is 1.16 bits per heavy atom. The summed E-state index contributed by atoms with van der Waals surface area (Å²) < 4.78 is 27.0. The van der Waals surface area contributed by atoms with Crippen LogP contribution in [0.25, 0.3) is 0 Å². The lowest BCUT2D eigenvalue weighted by atomic mass is 10.2. The first-order valence-corrected chi connectivity index (χ1v) is 11.8. The van der Waals surface area contributed by atoms with Crippen LogP contribution < -0.4 is 20.3 Å². The van der Waals surface area contributed by atoms with Crippen molar-refractivity contribution in [2.75, 3.05) is 31.1 Å². The Balaban J connectivity index is 1.50. The predicted octanol–water partition coefficient (Wildman–Crippen LogP) is 1.24. The normalized spacial score (nSPS) is 14.7. The van der Waals surface area contributed by atoms with Crippen molar-refractivity contribution in [2.24, 2.45) is 4.99 Å². The molecule has 1 aromatic heterocycles. The molecule has 0 saturated carbocycles.